The van der Waals surface area contributed by atoms with Gasteiger partial charge in [-0.2, -0.15) is 0 Å². The van der Waals surface area contributed by atoms with E-state index in [2.05, 4.69) is 9.55 Å². The average molecular weight is 282 g/mol. The molecule has 0 atom stereocenters. The molecule has 3 nitrogen and oxygen atoms in total. The van der Waals surface area contributed by atoms with Gasteiger partial charge in [-0.1, -0.05) is 12.1 Å². The molecule has 3 rings (SSSR count). The first-order chi connectivity index (χ1) is 10.2. The smallest absolute Gasteiger partial charge is 0.123 e. The quantitative estimate of drug-likeness (QED) is 0.793. The van der Waals surface area contributed by atoms with Gasteiger partial charge >= 0.3 is 0 Å². The first-order valence-electron chi connectivity index (χ1n) is 6.76. The van der Waals surface area contributed by atoms with Crippen LogP contribution in [0.3, 0.4) is 0 Å². The Morgan fingerprint density at radius 2 is 1.71 bits per heavy atom. The highest BCUT2D eigenvalue weighted by atomic mass is 19.1. The van der Waals surface area contributed by atoms with Gasteiger partial charge in [0.1, 0.15) is 11.6 Å². The highest BCUT2D eigenvalue weighted by Crippen LogP contribution is 2.22. The predicted molar refractivity (Wildman–Crippen MR) is 79.4 cm³/mol. The fraction of sp³-hybridized carbons (Fsp3) is 0.118. The van der Waals surface area contributed by atoms with Crippen molar-refractivity contribution in [2.45, 2.75) is 13.0 Å². The van der Waals surface area contributed by atoms with Crippen molar-refractivity contribution in [1.82, 2.24) is 9.55 Å². The van der Waals surface area contributed by atoms with Crippen molar-refractivity contribution in [3.05, 3.63) is 72.4 Å². The third-order valence-corrected chi connectivity index (χ3v) is 3.43. The number of hydrogen-bond donors (Lipinski definition) is 1. The molecule has 4 heteroatoms. The summed E-state index contributed by atoms with van der Waals surface area (Å²) in [5.41, 5.74) is 3.09. The van der Waals surface area contributed by atoms with Gasteiger partial charge in [0.15, 0.2) is 0 Å². The predicted octanol–water partition coefficient (Wildman–Crippen LogP) is 3.64. The Kier molecular flexibility index (Phi) is 3.69. The molecule has 0 saturated heterocycles. The number of aryl methyl sites for hydroxylation is 2. The molecule has 0 aliphatic carbocycles. The molecule has 21 heavy (non-hydrogen) atoms. The number of phenolic OH excluding ortho intramolecular Hbond substituents is 1. The molecule has 0 unspecified atom stereocenters. The highest BCUT2D eigenvalue weighted by Gasteiger charge is 2.05. The van der Waals surface area contributed by atoms with E-state index in [-0.39, 0.29) is 11.6 Å². The van der Waals surface area contributed by atoms with E-state index in [1.807, 2.05) is 12.1 Å². The Morgan fingerprint density at radius 1 is 1.00 bits per heavy atom. The molecule has 0 spiro atoms. The third-order valence-electron chi connectivity index (χ3n) is 3.43. The molecule has 1 N–H and O–H groups in total. The zero-order valence-electron chi connectivity index (χ0n) is 11.4. The molecule has 1 aromatic heterocycles. The summed E-state index contributed by atoms with van der Waals surface area (Å²) < 4.78 is 14.9. The lowest BCUT2D eigenvalue weighted by Crippen LogP contribution is -2.02. The molecule has 106 valence electrons. The van der Waals surface area contributed by atoms with Gasteiger partial charge in [-0.25, -0.2) is 9.37 Å². The maximum atomic E-state index is 12.9. The third kappa shape index (κ3) is 3.11. The molecular formula is C17H15FN2O. The molecule has 0 aliphatic rings. The lowest BCUT2D eigenvalue weighted by atomic mass is 10.1. The fourth-order valence-corrected chi connectivity index (χ4v) is 2.27. The number of rotatable bonds is 4. The van der Waals surface area contributed by atoms with E-state index in [1.54, 1.807) is 36.8 Å². The minimum atomic E-state index is -0.217. The van der Waals surface area contributed by atoms with Gasteiger partial charge in [-0.3, -0.25) is 0 Å². The fourth-order valence-electron chi connectivity index (χ4n) is 2.27. The number of nitrogens with zero attached hydrogens (tertiary/aromatic N) is 2. The Bertz CT molecular complexity index is 717. The number of phenols is 1. The van der Waals surface area contributed by atoms with E-state index in [4.69, 9.17) is 0 Å². The summed E-state index contributed by atoms with van der Waals surface area (Å²) in [5, 5.41) is 9.34. The zero-order valence-corrected chi connectivity index (χ0v) is 11.4. The zero-order chi connectivity index (χ0) is 14.7. The SMILES string of the molecule is Oc1ccc(-c2cncn2CCc2ccc(F)cc2)cc1. The average Bonchev–Trinajstić information content (AvgIpc) is 2.96. The Balaban J connectivity index is 1.76. The second-order valence-electron chi connectivity index (χ2n) is 4.90. The number of aromatic hydroxyl groups is 1. The van der Waals surface area contributed by atoms with Crippen LogP contribution < -0.4 is 0 Å². The first kappa shape index (κ1) is 13.4. The monoisotopic (exact) mass is 282 g/mol. The molecule has 0 fully saturated rings. The maximum absolute atomic E-state index is 12.9. The van der Waals surface area contributed by atoms with Gasteiger partial charge < -0.3 is 9.67 Å². The van der Waals surface area contributed by atoms with Crippen molar-refractivity contribution in [2.75, 3.05) is 0 Å². The van der Waals surface area contributed by atoms with E-state index in [0.717, 1.165) is 29.8 Å². The van der Waals surface area contributed by atoms with Crippen LogP contribution >= 0.6 is 0 Å². The van der Waals surface area contributed by atoms with Crippen molar-refractivity contribution < 1.29 is 9.50 Å². The number of aromatic nitrogens is 2. The van der Waals surface area contributed by atoms with Crippen molar-refractivity contribution in [2.24, 2.45) is 0 Å². The van der Waals surface area contributed by atoms with Crippen LogP contribution in [0, 0.1) is 5.82 Å². The van der Waals surface area contributed by atoms with E-state index in [9.17, 15) is 9.50 Å². The van der Waals surface area contributed by atoms with Crippen LogP contribution in [0.1, 0.15) is 5.56 Å². The van der Waals surface area contributed by atoms with E-state index >= 15 is 0 Å². The molecule has 0 aliphatic heterocycles. The van der Waals surface area contributed by atoms with E-state index < -0.39 is 0 Å². The second-order valence-corrected chi connectivity index (χ2v) is 4.90. The normalized spacial score (nSPS) is 10.7. The van der Waals surface area contributed by atoms with Crippen LogP contribution in [0.4, 0.5) is 4.39 Å². The van der Waals surface area contributed by atoms with Gasteiger partial charge in [0.05, 0.1) is 18.2 Å². The summed E-state index contributed by atoms with van der Waals surface area (Å²) >= 11 is 0. The summed E-state index contributed by atoms with van der Waals surface area (Å²) in [6.07, 6.45) is 4.39. The minimum absolute atomic E-state index is 0.217. The van der Waals surface area contributed by atoms with Crippen LogP contribution in [0.15, 0.2) is 61.1 Å². The lowest BCUT2D eigenvalue weighted by Gasteiger charge is -2.08. The van der Waals surface area contributed by atoms with Crippen LogP contribution in [-0.4, -0.2) is 14.7 Å². The van der Waals surface area contributed by atoms with E-state index in [0.29, 0.717) is 0 Å². The molecule has 0 bridgehead atoms. The van der Waals surface area contributed by atoms with Crippen molar-refractivity contribution in [3.8, 4) is 17.0 Å². The number of imidazole rings is 1. The first-order valence-corrected chi connectivity index (χ1v) is 6.76. The Hall–Kier alpha value is -2.62. The van der Waals surface area contributed by atoms with Crippen molar-refractivity contribution >= 4 is 0 Å². The molecule has 0 saturated carbocycles. The topological polar surface area (TPSA) is 38.1 Å². The molecule has 1 heterocycles. The number of halogens is 1. The molecule has 0 radical (unpaired) electrons. The highest BCUT2D eigenvalue weighted by molar-refractivity contribution is 5.59. The lowest BCUT2D eigenvalue weighted by molar-refractivity contribution is 0.475. The largest absolute Gasteiger partial charge is 0.508 e. The number of benzene rings is 2. The van der Waals surface area contributed by atoms with E-state index in [1.165, 1.54) is 12.1 Å². The second kappa shape index (κ2) is 5.79. The maximum Gasteiger partial charge on any atom is 0.123 e. The van der Waals surface area contributed by atoms with Crippen molar-refractivity contribution in [3.63, 3.8) is 0 Å². The summed E-state index contributed by atoms with van der Waals surface area (Å²) in [4.78, 5) is 4.19. The Morgan fingerprint density at radius 3 is 2.43 bits per heavy atom. The molecule has 2 aromatic carbocycles. The number of hydrogen-bond acceptors (Lipinski definition) is 2. The molecule has 0 amide bonds. The summed E-state index contributed by atoms with van der Waals surface area (Å²) in [7, 11) is 0. The van der Waals surface area contributed by atoms with Crippen molar-refractivity contribution in [1.29, 1.82) is 0 Å². The van der Waals surface area contributed by atoms with Gasteiger partial charge in [0, 0.05) is 12.1 Å². The summed E-state index contributed by atoms with van der Waals surface area (Å²) in [6, 6.07) is 13.6. The van der Waals surface area contributed by atoms with Crippen LogP contribution in [0.25, 0.3) is 11.3 Å². The van der Waals surface area contributed by atoms with Crippen LogP contribution in [-0.2, 0) is 13.0 Å². The molecule has 3 aromatic rings. The van der Waals surface area contributed by atoms with Gasteiger partial charge in [0.2, 0.25) is 0 Å². The summed E-state index contributed by atoms with van der Waals surface area (Å²) in [5.74, 6) is 0.0299. The van der Waals surface area contributed by atoms with Gasteiger partial charge in [-0.15, -0.1) is 0 Å². The summed E-state index contributed by atoms with van der Waals surface area (Å²) in [6.45, 7) is 0.766. The van der Waals surface area contributed by atoms with Gasteiger partial charge in [0.25, 0.3) is 0 Å². The van der Waals surface area contributed by atoms with Crippen LogP contribution in [0.2, 0.25) is 0 Å². The van der Waals surface area contributed by atoms with Crippen LogP contribution in [0.5, 0.6) is 5.75 Å². The standard InChI is InChI=1S/C17H15FN2O/c18-15-5-1-13(2-6-15)9-10-20-12-19-11-17(20)14-3-7-16(21)8-4-14/h1-8,11-12,21H,9-10H2. The molecular weight excluding hydrogens is 267 g/mol. The Labute approximate surface area is 122 Å². The van der Waals surface area contributed by atoms with Gasteiger partial charge in [-0.05, 0) is 48.4 Å². The minimum Gasteiger partial charge on any atom is -0.508 e.